The van der Waals surface area contributed by atoms with Crippen LogP contribution in [0.2, 0.25) is 0 Å². The van der Waals surface area contributed by atoms with Crippen LogP contribution in [-0.2, 0) is 0 Å². The van der Waals surface area contributed by atoms with E-state index in [0.29, 0.717) is 9.67 Å². The second-order valence-electron chi connectivity index (χ2n) is 8.27. The number of unbranched alkanes of at least 4 members (excludes halogenated alkanes) is 14. The Morgan fingerprint density at radius 3 is 1.67 bits per heavy atom. The zero-order valence-electron chi connectivity index (χ0n) is 17.9. The summed E-state index contributed by atoms with van der Waals surface area (Å²) in [6, 6.07) is 5.95. The van der Waals surface area contributed by atoms with E-state index in [1.807, 2.05) is 12.1 Å². The van der Waals surface area contributed by atoms with Crippen LogP contribution in [0.15, 0.2) is 18.2 Å². The van der Waals surface area contributed by atoms with E-state index < -0.39 is 0 Å². The number of halogens is 1. The molecule has 1 nitrogen and oxygen atoms in total. The predicted molar refractivity (Wildman–Crippen MR) is 129 cm³/mol. The topological polar surface area (TPSA) is 20.2 Å². The summed E-state index contributed by atoms with van der Waals surface area (Å²) in [7, 11) is 0. The Morgan fingerprint density at radius 2 is 1.19 bits per heavy atom. The van der Waals surface area contributed by atoms with Crippen molar-refractivity contribution >= 4 is 22.6 Å². The van der Waals surface area contributed by atoms with Crippen molar-refractivity contribution in [3.63, 3.8) is 0 Å². The summed E-state index contributed by atoms with van der Waals surface area (Å²) < 4.78 is 0.435. The first-order valence-corrected chi connectivity index (χ1v) is 12.8. The molecule has 2 heteroatoms. The second kappa shape index (κ2) is 16.7. The Labute approximate surface area is 182 Å². The van der Waals surface area contributed by atoms with Crippen LogP contribution in [0.5, 0.6) is 5.75 Å². The van der Waals surface area contributed by atoms with Crippen molar-refractivity contribution in [1.29, 1.82) is 0 Å². The Balaban J connectivity index is 1.88. The number of rotatable bonds is 17. The molecule has 0 fully saturated rings. The van der Waals surface area contributed by atoms with Gasteiger partial charge in [-0.15, -0.1) is 0 Å². The zero-order chi connectivity index (χ0) is 19.7. The maximum absolute atomic E-state index is 10.0. The first-order valence-electron chi connectivity index (χ1n) is 11.6. The van der Waals surface area contributed by atoms with Crippen molar-refractivity contribution in [1.82, 2.24) is 0 Å². The van der Waals surface area contributed by atoms with Gasteiger partial charge in [-0.1, -0.05) is 144 Å². The SMILES string of the molecule is CCCCCCCCCCCCCCCCCC(I)c1cc(C)ccc1O. The minimum Gasteiger partial charge on any atom is -0.508 e. The summed E-state index contributed by atoms with van der Waals surface area (Å²) in [5, 5.41) is 10.0. The summed E-state index contributed by atoms with van der Waals surface area (Å²) in [6.45, 7) is 4.39. The number of aryl methyl sites for hydroxylation is 1. The highest BCUT2D eigenvalue weighted by Crippen LogP contribution is 2.35. The van der Waals surface area contributed by atoms with E-state index in [1.165, 1.54) is 108 Å². The normalized spacial score (nSPS) is 12.4. The van der Waals surface area contributed by atoms with Gasteiger partial charge in [0.1, 0.15) is 5.75 Å². The van der Waals surface area contributed by atoms with Crippen LogP contribution in [0.1, 0.15) is 125 Å². The molecule has 0 aliphatic carbocycles. The fourth-order valence-electron chi connectivity index (χ4n) is 3.78. The molecule has 0 aromatic heterocycles. The molecular weight excluding hydrogens is 443 g/mol. The lowest BCUT2D eigenvalue weighted by Crippen LogP contribution is -1.92. The second-order valence-corrected chi connectivity index (χ2v) is 9.77. The van der Waals surface area contributed by atoms with Gasteiger partial charge >= 0.3 is 0 Å². The van der Waals surface area contributed by atoms with Crippen molar-refractivity contribution in [3.8, 4) is 5.75 Å². The lowest BCUT2D eigenvalue weighted by molar-refractivity contribution is 0.466. The minimum absolute atomic E-state index is 0.435. The van der Waals surface area contributed by atoms with Crippen molar-refractivity contribution in [2.75, 3.05) is 0 Å². The Bertz CT molecular complexity index is 471. The molecule has 0 heterocycles. The molecule has 0 aliphatic rings. The third kappa shape index (κ3) is 12.8. The number of hydrogen-bond acceptors (Lipinski definition) is 1. The van der Waals surface area contributed by atoms with Gasteiger partial charge in [-0.05, 0) is 19.4 Å². The molecule has 0 aliphatic heterocycles. The van der Waals surface area contributed by atoms with E-state index in [4.69, 9.17) is 0 Å². The van der Waals surface area contributed by atoms with Gasteiger partial charge in [0.15, 0.2) is 0 Å². The Hall–Kier alpha value is -0.250. The summed E-state index contributed by atoms with van der Waals surface area (Å²) in [6.07, 6.45) is 22.4. The number of aromatic hydroxyl groups is 1. The van der Waals surface area contributed by atoms with Gasteiger partial charge in [0, 0.05) is 9.49 Å². The van der Waals surface area contributed by atoms with Crippen LogP contribution in [0, 0.1) is 6.92 Å². The highest BCUT2D eigenvalue weighted by Gasteiger charge is 2.11. The Kier molecular flexibility index (Phi) is 15.3. The van der Waals surface area contributed by atoms with Gasteiger partial charge < -0.3 is 5.11 Å². The molecule has 0 spiro atoms. The summed E-state index contributed by atoms with van der Waals surface area (Å²) >= 11 is 2.49. The molecule has 0 bridgehead atoms. The molecule has 1 N–H and O–H groups in total. The minimum atomic E-state index is 0.435. The maximum Gasteiger partial charge on any atom is 0.119 e. The average Bonchev–Trinajstić information content (AvgIpc) is 2.66. The average molecular weight is 487 g/mol. The molecule has 1 atom stereocenters. The summed E-state index contributed by atoms with van der Waals surface area (Å²) in [4.78, 5) is 0. The number of phenolic OH excluding ortho intramolecular Hbond substituents is 1. The lowest BCUT2D eigenvalue weighted by Gasteiger charge is -2.13. The van der Waals surface area contributed by atoms with Crippen LogP contribution in [0.4, 0.5) is 0 Å². The van der Waals surface area contributed by atoms with Gasteiger partial charge in [0.2, 0.25) is 0 Å². The monoisotopic (exact) mass is 486 g/mol. The van der Waals surface area contributed by atoms with Crippen LogP contribution < -0.4 is 0 Å². The molecule has 156 valence electrons. The van der Waals surface area contributed by atoms with Crippen molar-refractivity contribution in [2.24, 2.45) is 0 Å². The first kappa shape index (κ1) is 24.8. The highest BCUT2D eigenvalue weighted by molar-refractivity contribution is 14.1. The lowest BCUT2D eigenvalue weighted by atomic mass is 10.0. The molecule has 1 rings (SSSR count). The van der Waals surface area contributed by atoms with Gasteiger partial charge in [-0.3, -0.25) is 0 Å². The molecule has 0 saturated carbocycles. The van der Waals surface area contributed by atoms with Crippen molar-refractivity contribution in [2.45, 2.75) is 121 Å². The van der Waals surface area contributed by atoms with Crippen molar-refractivity contribution in [3.05, 3.63) is 29.3 Å². The number of benzene rings is 1. The molecule has 1 aromatic rings. The van der Waals surface area contributed by atoms with Gasteiger partial charge in [0.25, 0.3) is 0 Å². The number of phenols is 1. The van der Waals surface area contributed by atoms with Gasteiger partial charge in [-0.25, -0.2) is 0 Å². The smallest absolute Gasteiger partial charge is 0.119 e. The molecule has 0 amide bonds. The first-order chi connectivity index (χ1) is 13.1. The van der Waals surface area contributed by atoms with Crippen molar-refractivity contribution < 1.29 is 5.11 Å². The predicted octanol–water partition coefficient (Wildman–Crippen LogP) is 9.44. The molecular formula is C25H43IO. The molecule has 0 saturated heterocycles. The van der Waals surface area contributed by atoms with Crippen LogP contribution in [-0.4, -0.2) is 5.11 Å². The van der Waals surface area contributed by atoms with E-state index >= 15 is 0 Å². The fraction of sp³-hybridized carbons (Fsp3) is 0.760. The molecule has 1 unspecified atom stereocenters. The van der Waals surface area contributed by atoms with Gasteiger partial charge in [-0.2, -0.15) is 0 Å². The molecule has 1 aromatic carbocycles. The van der Waals surface area contributed by atoms with E-state index in [9.17, 15) is 5.11 Å². The molecule has 0 radical (unpaired) electrons. The third-order valence-electron chi connectivity index (χ3n) is 5.58. The Morgan fingerprint density at radius 1 is 0.741 bits per heavy atom. The third-order valence-corrected chi connectivity index (χ3v) is 6.88. The van der Waals surface area contributed by atoms with E-state index in [-0.39, 0.29) is 0 Å². The van der Waals surface area contributed by atoms with Crippen LogP contribution >= 0.6 is 22.6 Å². The number of alkyl halides is 1. The molecule has 27 heavy (non-hydrogen) atoms. The highest BCUT2D eigenvalue weighted by atomic mass is 127. The van der Waals surface area contributed by atoms with E-state index in [2.05, 4.69) is 42.5 Å². The van der Waals surface area contributed by atoms with Gasteiger partial charge in [0.05, 0.1) is 0 Å². The standard InChI is InChI=1S/C25H43IO/c1-3-4-5-6-7-8-9-10-11-12-13-14-15-16-17-18-24(26)23-21-22(2)19-20-25(23)27/h19-21,24,27H,3-18H2,1-2H3. The summed E-state index contributed by atoms with van der Waals surface area (Å²) in [5.74, 6) is 0.459. The van der Waals surface area contributed by atoms with Crippen LogP contribution in [0.25, 0.3) is 0 Å². The quantitative estimate of drug-likeness (QED) is 0.132. The number of hydrogen-bond donors (Lipinski definition) is 1. The maximum atomic E-state index is 10.0. The zero-order valence-corrected chi connectivity index (χ0v) is 20.1. The summed E-state index contributed by atoms with van der Waals surface area (Å²) in [5.41, 5.74) is 2.35. The van der Waals surface area contributed by atoms with E-state index in [1.54, 1.807) is 0 Å². The fourth-order valence-corrected chi connectivity index (χ4v) is 4.71. The van der Waals surface area contributed by atoms with E-state index in [0.717, 1.165) is 5.56 Å². The van der Waals surface area contributed by atoms with Crippen LogP contribution in [0.3, 0.4) is 0 Å². The largest absolute Gasteiger partial charge is 0.508 e.